The zero-order valence-corrected chi connectivity index (χ0v) is 19.9. The van der Waals surface area contributed by atoms with Crippen molar-refractivity contribution in [1.29, 1.82) is 0 Å². The van der Waals surface area contributed by atoms with Crippen LogP contribution < -0.4 is 0 Å². The van der Waals surface area contributed by atoms with E-state index in [4.69, 9.17) is 14.2 Å². The first-order valence-electron chi connectivity index (χ1n) is 10.9. The Hall–Kier alpha value is -1.87. The summed E-state index contributed by atoms with van der Waals surface area (Å²) in [6, 6.07) is -0.770. The summed E-state index contributed by atoms with van der Waals surface area (Å²) in [7, 11) is 0. The lowest BCUT2D eigenvalue weighted by molar-refractivity contribution is -0.135. The third-order valence-electron chi connectivity index (χ3n) is 5.93. The Morgan fingerprint density at radius 1 is 1.06 bits per heavy atom. The van der Waals surface area contributed by atoms with Crippen molar-refractivity contribution < 1.29 is 33.7 Å². The molecule has 9 heteroatoms. The number of ether oxygens (including phenoxy) is 3. The molecule has 1 spiro atoms. The van der Waals surface area contributed by atoms with Gasteiger partial charge in [-0.25, -0.2) is 14.5 Å². The fourth-order valence-corrected chi connectivity index (χ4v) is 4.44. The predicted molar refractivity (Wildman–Crippen MR) is 111 cm³/mol. The van der Waals surface area contributed by atoms with Crippen LogP contribution in [0.3, 0.4) is 0 Å². The van der Waals surface area contributed by atoms with E-state index in [0.29, 0.717) is 19.3 Å². The summed E-state index contributed by atoms with van der Waals surface area (Å²) in [6.07, 6.45) is -0.795. The molecular formula is C22H36N2O7. The van der Waals surface area contributed by atoms with Crippen molar-refractivity contribution in [2.45, 2.75) is 109 Å². The van der Waals surface area contributed by atoms with Gasteiger partial charge in [-0.15, -0.1) is 0 Å². The molecular weight excluding hydrogens is 404 g/mol. The summed E-state index contributed by atoms with van der Waals surface area (Å²) in [5.74, 6) is -1.30. The van der Waals surface area contributed by atoms with Gasteiger partial charge in [0.25, 0.3) is 0 Å². The standard InChI is InChI=1S/C22H36N2O7/c1-19(2,3)30-17(27)23-14(12-29-21(23,7)8)15(25)13-11-22(9-10-22)24(16(13)26)18(28)31-20(4,5)6/h13-15,25H,9-12H2,1-8H3/t13?,14-,15?/m1/s1. The highest BCUT2D eigenvalue weighted by molar-refractivity contribution is 5.97. The van der Waals surface area contributed by atoms with Crippen LogP contribution in [0.25, 0.3) is 0 Å². The second kappa shape index (κ2) is 7.33. The molecule has 3 fully saturated rings. The molecule has 1 saturated carbocycles. The van der Waals surface area contributed by atoms with Gasteiger partial charge in [-0.3, -0.25) is 9.69 Å². The summed E-state index contributed by atoms with van der Waals surface area (Å²) in [5.41, 5.74) is -3.06. The third kappa shape index (κ3) is 4.67. The highest BCUT2D eigenvalue weighted by atomic mass is 16.6. The molecule has 3 amide bonds. The largest absolute Gasteiger partial charge is 0.444 e. The quantitative estimate of drug-likeness (QED) is 0.703. The van der Waals surface area contributed by atoms with Gasteiger partial charge in [0.1, 0.15) is 16.9 Å². The molecule has 3 rings (SSSR count). The van der Waals surface area contributed by atoms with Gasteiger partial charge in [0.15, 0.2) is 0 Å². The zero-order chi connectivity index (χ0) is 23.6. The molecule has 2 saturated heterocycles. The maximum atomic E-state index is 13.2. The number of likely N-dealkylation sites (tertiary alicyclic amines) is 1. The first-order valence-corrected chi connectivity index (χ1v) is 10.9. The average Bonchev–Trinajstić information content (AvgIpc) is 3.14. The molecule has 9 nitrogen and oxygen atoms in total. The summed E-state index contributed by atoms with van der Waals surface area (Å²) in [5, 5.41) is 11.2. The maximum Gasteiger partial charge on any atom is 0.417 e. The minimum absolute atomic E-state index is 0.0661. The molecule has 2 unspecified atom stereocenters. The monoisotopic (exact) mass is 440 g/mol. The molecule has 2 aliphatic heterocycles. The van der Waals surface area contributed by atoms with Gasteiger partial charge >= 0.3 is 12.2 Å². The lowest BCUT2D eigenvalue weighted by atomic mass is 9.92. The van der Waals surface area contributed by atoms with Crippen LogP contribution in [0, 0.1) is 5.92 Å². The summed E-state index contributed by atoms with van der Waals surface area (Å²) in [4.78, 5) is 41.4. The number of carbonyl (C=O) groups excluding carboxylic acids is 3. The molecule has 2 heterocycles. The van der Waals surface area contributed by atoms with E-state index < -0.39 is 58.6 Å². The van der Waals surface area contributed by atoms with E-state index in [1.165, 1.54) is 9.80 Å². The Morgan fingerprint density at radius 2 is 1.58 bits per heavy atom. The summed E-state index contributed by atoms with van der Waals surface area (Å²) < 4.78 is 16.7. The smallest absolute Gasteiger partial charge is 0.417 e. The molecule has 176 valence electrons. The highest BCUT2D eigenvalue weighted by Crippen LogP contribution is 2.54. The van der Waals surface area contributed by atoms with Crippen LogP contribution in [0.2, 0.25) is 0 Å². The topological polar surface area (TPSA) is 106 Å². The minimum atomic E-state index is -1.20. The van der Waals surface area contributed by atoms with E-state index in [2.05, 4.69) is 0 Å². The first-order chi connectivity index (χ1) is 14.0. The van der Waals surface area contributed by atoms with Crippen LogP contribution in [0.15, 0.2) is 0 Å². The second-order valence-corrected chi connectivity index (χ2v) is 11.4. The number of hydrogen-bond acceptors (Lipinski definition) is 7. The highest BCUT2D eigenvalue weighted by Gasteiger charge is 2.64. The van der Waals surface area contributed by atoms with Crippen molar-refractivity contribution >= 4 is 18.1 Å². The fourth-order valence-electron chi connectivity index (χ4n) is 4.44. The number of nitrogens with zero attached hydrogens (tertiary/aromatic N) is 2. The SMILES string of the molecule is CC(C)(C)OC(=O)N1C(=O)C(C(O)[C@H]2COC(C)(C)N2C(=O)OC(C)(C)C)CC12CC2. The summed E-state index contributed by atoms with van der Waals surface area (Å²) in [6.45, 7) is 14.0. The molecule has 3 atom stereocenters. The van der Waals surface area contributed by atoms with E-state index in [1.807, 2.05) is 0 Å². The maximum absolute atomic E-state index is 13.2. The molecule has 0 radical (unpaired) electrons. The van der Waals surface area contributed by atoms with Gasteiger partial charge in [0.05, 0.1) is 30.2 Å². The lowest BCUT2D eigenvalue weighted by Gasteiger charge is -2.37. The van der Waals surface area contributed by atoms with Crippen LogP contribution in [0.5, 0.6) is 0 Å². The number of aliphatic hydroxyl groups is 1. The number of amides is 3. The molecule has 3 aliphatic rings. The molecule has 1 aliphatic carbocycles. The van der Waals surface area contributed by atoms with E-state index in [-0.39, 0.29) is 6.61 Å². The van der Waals surface area contributed by atoms with Crippen molar-refractivity contribution in [2.24, 2.45) is 5.92 Å². The van der Waals surface area contributed by atoms with Crippen LogP contribution in [0.4, 0.5) is 9.59 Å². The number of hydrogen-bond donors (Lipinski definition) is 1. The summed E-state index contributed by atoms with van der Waals surface area (Å²) >= 11 is 0. The zero-order valence-electron chi connectivity index (χ0n) is 19.9. The average molecular weight is 441 g/mol. The van der Waals surface area contributed by atoms with Gasteiger partial charge in [0.2, 0.25) is 5.91 Å². The van der Waals surface area contributed by atoms with Crippen LogP contribution in [-0.2, 0) is 19.0 Å². The van der Waals surface area contributed by atoms with Crippen molar-refractivity contribution in [3.05, 3.63) is 0 Å². The van der Waals surface area contributed by atoms with E-state index in [1.54, 1.807) is 55.4 Å². The first kappa shape index (κ1) is 23.8. The van der Waals surface area contributed by atoms with Crippen molar-refractivity contribution in [2.75, 3.05) is 6.61 Å². The second-order valence-electron chi connectivity index (χ2n) is 11.4. The lowest BCUT2D eigenvalue weighted by Crippen LogP contribution is -2.55. The van der Waals surface area contributed by atoms with Crippen LogP contribution in [-0.4, -0.2) is 74.2 Å². The normalized spacial score (nSPS) is 28.1. The van der Waals surface area contributed by atoms with E-state index in [0.717, 1.165) is 0 Å². The van der Waals surface area contributed by atoms with Gasteiger partial charge in [-0.05, 0) is 74.7 Å². The Labute approximate surface area is 184 Å². The Balaban J connectivity index is 1.82. The number of imide groups is 1. The Kier molecular flexibility index (Phi) is 5.63. The molecule has 31 heavy (non-hydrogen) atoms. The molecule has 0 aromatic carbocycles. The van der Waals surface area contributed by atoms with Crippen LogP contribution >= 0.6 is 0 Å². The van der Waals surface area contributed by atoms with Crippen molar-refractivity contribution in [1.82, 2.24) is 9.80 Å². The van der Waals surface area contributed by atoms with E-state index >= 15 is 0 Å². The van der Waals surface area contributed by atoms with Crippen molar-refractivity contribution in [3.63, 3.8) is 0 Å². The van der Waals surface area contributed by atoms with Gasteiger partial charge in [-0.1, -0.05) is 0 Å². The Bertz CT molecular complexity index is 761. The number of carbonyl (C=O) groups is 3. The fraction of sp³-hybridized carbons (Fsp3) is 0.864. The number of rotatable bonds is 2. The van der Waals surface area contributed by atoms with Crippen LogP contribution in [0.1, 0.15) is 74.7 Å². The van der Waals surface area contributed by atoms with E-state index in [9.17, 15) is 19.5 Å². The molecule has 1 N–H and O–H groups in total. The third-order valence-corrected chi connectivity index (χ3v) is 5.93. The molecule has 0 bridgehead atoms. The van der Waals surface area contributed by atoms with Gasteiger partial charge < -0.3 is 19.3 Å². The van der Waals surface area contributed by atoms with Gasteiger partial charge in [0, 0.05) is 0 Å². The minimum Gasteiger partial charge on any atom is -0.444 e. The Morgan fingerprint density at radius 3 is 2.06 bits per heavy atom. The van der Waals surface area contributed by atoms with Crippen molar-refractivity contribution in [3.8, 4) is 0 Å². The number of aliphatic hydroxyl groups excluding tert-OH is 1. The predicted octanol–water partition coefficient (Wildman–Crippen LogP) is 3.04. The molecule has 0 aromatic rings. The van der Waals surface area contributed by atoms with Gasteiger partial charge in [-0.2, -0.15) is 0 Å². The molecule has 0 aromatic heterocycles.